The van der Waals surface area contributed by atoms with E-state index in [0.29, 0.717) is 0 Å². The Hall–Kier alpha value is -0.440. The van der Waals surface area contributed by atoms with E-state index in [0.717, 1.165) is 16.3 Å². The van der Waals surface area contributed by atoms with E-state index in [9.17, 15) is 0 Å². The predicted molar refractivity (Wildman–Crippen MR) is 35.3 cm³/mol. The Labute approximate surface area is 53.7 Å². The lowest BCUT2D eigenvalue weighted by molar-refractivity contribution is 1.02. The maximum Gasteiger partial charge on any atom is 0.0727 e. The van der Waals surface area contributed by atoms with Crippen LogP contribution in [0.2, 0.25) is 0 Å². The van der Waals surface area contributed by atoms with Gasteiger partial charge in [-0.15, -0.1) is 12.6 Å². The van der Waals surface area contributed by atoms with Crippen LogP contribution in [0.15, 0.2) is 4.90 Å². The summed E-state index contributed by atoms with van der Waals surface area (Å²) in [6.45, 7) is 3.87. The number of H-pyrrole nitrogens is 1. The fourth-order valence-corrected chi connectivity index (χ4v) is 0.645. The van der Waals surface area contributed by atoms with E-state index in [2.05, 4.69) is 22.8 Å². The molecule has 1 aromatic rings. The van der Waals surface area contributed by atoms with E-state index >= 15 is 0 Å². The molecule has 1 heterocycles. The highest BCUT2D eigenvalue weighted by Crippen LogP contribution is 2.12. The van der Waals surface area contributed by atoms with Gasteiger partial charge in [0.2, 0.25) is 0 Å². The molecule has 1 aromatic heterocycles. The van der Waals surface area contributed by atoms with E-state index in [1.807, 2.05) is 13.8 Å². The van der Waals surface area contributed by atoms with Crippen molar-refractivity contribution in [3.8, 4) is 0 Å². The van der Waals surface area contributed by atoms with Crippen molar-refractivity contribution in [3.05, 3.63) is 11.4 Å². The van der Waals surface area contributed by atoms with Crippen LogP contribution in [0.3, 0.4) is 0 Å². The number of aryl methyl sites for hydroxylation is 2. The van der Waals surface area contributed by atoms with Gasteiger partial charge in [0, 0.05) is 10.6 Å². The average Bonchev–Trinajstić information content (AvgIpc) is 1.98. The molecule has 0 saturated carbocycles. The molecule has 0 aromatic carbocycles. The zero-order chi connectivity index (χ0) is 6.15. The van der Waals surface area contributed by atoms with Crippen LogP contribution in [0.1, 0.15) is 11.4 Å². The topological polar surface area (TPSA) is 28.7 Å². The number of aromatic amines is 1. The van der Waals surface area contributed by atoms with Crippen LogP contribution in [-0.2, 0) is 0 Å². The summed E-state index contributed by atoms with van der Waals surface area (Å²) in [7, 11) is 0. The Morgan fingerprint density at radius 2 is 2.12 bits per heavy atom. The van der Waals surface area contributed by atoms with Crippen LogP contribution in [0.5, 0.6) is 0 Å². The normalized spacial score (nSPS) is 9.88. The first-order valence-electron chi connectivity index (χ1n) is 2.42. The highest BCUT2D eigenvalue weighted by molar-refractivity contribution is 7.80. The number of nitrogens with one attached hydrogen (secondary N) is 1. The summed E-state index contributed by atoms with van der Waals surface area (Å²) in [6, 6.07) is 0. The van der Waals surface area contributed by atoms with Crippen LogP contribution >= 0.6 is 12.6 Å². The van der Waals surface area contributed by atoms with Crippen LogP contribution in [0.4, 0.5) is 0 Å². The molecule has 0 fully saturated rings. The SMILES string of the molecule is Cc1n[nH]c(C)c1S. The number of hydrogen-bond acceptors (Lipinski definition) is 2. The maximum atomic E-state index is 4.17. The first kappa shape index (κ1) is 5.69. The third-order valence-corrected chi connectivity index (χ3v) is 1.75. The molecule has 0 saturated heterocycles. The van der Waals surface area contributed by atoms with Gasteiger partial charge in [-0.3, -0.25) is 5.10 Å². The van der Waals surface area contributed by atoms with Crippen molar-refractivity contribution in [3.63, 3.8) is 0 Å². The molecule has 2 nitrogen and oxygen atoms in total. The fourth-order valence-electron chi connectivity index (χ4n) is 0.545. The van der Waals surface area contributed by atoms with Gasteiger partial charge in [0.05, 0.1) is 5.69 Å². The van der Waals surface area contributed by atoms with Gasteiger partial charge in [0.1, 0.15) is 0 Å². The molecule has 3 heteroatoms. The summed E-state index contributed by atoms with van der Waals surface area (Å²) in [5, 5.41) is 6.72. The minimum Gasteiger partial charge on any atom is -0.281 e. The van der Waals surface area contributed by atoms with Crippen molar-refractivity contribution in [2.45, 2.75) is 18.7 Å². The summed E-state index contributed by atoms with van der Waals surface area (Å²) in [5.74, 6) is 0. The third-order valence-electron chi connectivity index (χ3n) is 1.09. The molecule has 0 radical (unpaired) electrons. The second-order valence-corrected chi connectivity index (χ2v) is 2.23. The number of hydrogen-bond donors (Lipinski definition) is 2. The fraction of sp³-hybridized carbons (Fsp3) is 0.400. The van der Waals surface area contributed by atoms with E-state index in [1.54, 1.807) is 0 Å². The molecule has 0 bridgehead atoms. The summed E-state index contributed by atoms with van der Waals surface area (Å²) < 4.78 is 0. The van der Waals surface area contributed by atoms with E-state index in [4.69, 9.17) is 0 Å². The van der Waals surface area contributed by atoms with Crippen molar-refractivity contribution in [2.75, 3.05) is 0 Å². The van der Waals surface area contributed by atoms with Gasteiger partial charge in [-0.05, 0) is 13.8 Å². The van der Waals surface area contributed by atoms with Gasteiger partial charge in [0.25, 0.3) is 0 Å². The molecule has 0 unspecified atom stereocenters. The Bertz CT molecular complexity index is 173. The molecule has 1 N–H and O–H groups in total. The first-order chi connectivity index (χ1) is 3.72. The minimum absolute atomic E-state index is 0.963. The van der Waals surface area contributed by atoms with E-state index < -0.39 is 0 Å². The monoisotopic (exact) mass is 128 g/mol. The van der Waals surface area contributed by atoms with Crippen molar-refractivity contribution < 1.29 is 0 Å². The highest BCUT2D eigenvalue weighted by Gasteiger charge is 1.97. The van der Waals surface area contributed by atoms with Gasteiger partial charge >= 0.3 is 0 Å². The smallest absolute Gasteiger partial charge is 0.0727 e. The molecule has 0 aliphatic heterocycles. The molecular weight excluding hydrogens is 120 g/mol. The Morgan fingerprint density at radius 1 is 1.50 bits per heavy atom. The number of aromatic nitrogens is 2. The van der Waals surface area contributed by atoms with Crippen molar-refractivity contribution in [2.24, 2.45) is 0 Å². The third kappa shape index (κ3) is 0.733. The Kier molecular flexibility index (Phi) is 1.29. The second kappa shape index (κ2) is 1.82. The minimum atomic E-state index is 0.963. The second-order valence-electron chi connectivity index (χ2n) is 1.78. The highest BCUT2D eigenvalue weighted by atomic mass is 32.1. The molecule has 8 heavy (non-hydrogen) atoms. The van der Waals surface area contributed by atoms with Crippen molar-refractivity contribution in [1.29, 1.82) is 0 Å². The van der Waals surface area contributed by atoms with Crippen molar-refractivity contribution in [1.82, 2.24) is 10.2 Å². The van der Waals surface area contributed by atoms with E-state index in [-0.39, 0.29) is 0 Å². The van der Waals surface area contributed by atoms with Crippen LogP contribution in [0, 0.1) is 13.8 Å². The summed E-state index contributed by atoms with van der Waals surface area (Å²) in [5.41, 5.74) is 2.00. The molecule has 0 atom stereocenters. The molecule has 0 amide bonds. The van der Waals surface area contributed by atoms with Gasteiger partial charge in [-0.25, -0.2) is 0 Å². The van der Waals surface area contributed by atoms with Gasteiger partial charge < -0.3 is 0 Å². The quantitative estimate of drug-likeness (QED) is 0.507. The zero-order valence-corrected chi connectivity index (χ0v) is 5.79. The lowest BCUT2D eigenvalue weighted by Gasteiger charge is -1.82. The van der Waals surface area contributed by atoms with E-state index in [1.165, 1.54) is 0 Å². The maximum absolute atomic E-state index is 4.17. The average molecular weight is 128 g/mol. The van der Waals surface area contributed by atoms with Gasteiger partial charge in [0.15, 0.2) is 0 Å². The van der Waals surface area contributed by atoms with Crippen LogP contribution < -0.4 is 0 Å². The summed E-state index contributed by atoms with van der Waals surface area (Å²) in [4.78, 5) is 0.963. The molecular formula is C5H8N2S. The zero-order valence-electron chi connectivity index (χ0n) is 4.89. The summed E-state index contributed by atoms with van der Waals surface area (Å²) >= 11 is 4.17. The van der Waals surface area contributed by atoms with Crippen LogP contribution in [-0.4, -0.2) is 10.2 Å². The Morgan fingerprint density at radius 3 is 2.25 bits per heavy atom. The van der Waals surface area contributed by atoms with Gasteiger partial charge in [-0.2, -0.15) is 5.10 Å². The lowest BCUT2D eigenvalue weighted by Crippen LogP contribution is -1.68. The number of thiol groups is 1. The molecule has 0 aliphatic rings. The van der Waals surface area contributed by atoms with Gasteiger partial charge in [-0.1, -0.05) is 0 Å². The van der Waals surface area contributed by atoms with Crippen molar-refractivity contribution >= 4 is 12.6 Å². The predicted octanol–water partition coefficient (Wildman–Crippen LogP) is 1.32. The standard InChI is InChI=1S/C5H8N2S/c1-3-5(8)4(2)7-6-3/h8H,1-2H3,(H,6,7). The molecule has 44 valence electrons. The molecule has 0 aliphatic carbocycles. The molecule has 0 spiro atoms. The number of nitrogens with zero attached hydrogens (tertiary/aromatic N) is 1. The Balaban J connectivity index is 3.19. The van der Waals surface area contributed by atoms with Crippen LogP contribution in [0.25, 0.3) is 0 Å². The molecule has 1 rings (SSSR count). The lowest BCUT2D eigenvalue weighted by atomic mass is 10.4. The largest absolute Gasteiger partial charge is 0.281 e. The first-order valence-corrected chi connectivity index (χ1v) is 2.87. The summed E-state index contributed by atoms with van der Waals surface area (Å²) in [6.07, 6.45) is 0. The number of rotatable bonds is 0.